The first-order chi connectivity index (χ1) is 16.0. The lowest BCUT2D eigenvalue weighted by Gasteiger charge is -2.28. The number of hydrogen-bond acceptors (Lipinski definition) is 6. The SMILES string of the molecule is Cc1ccc(F)cc1-c1nc(NS(=O)(=O)c2ccnc(N3CCNCC3)c2)ccc1C(F)(F)F. The van der Waals surface area contributed by atoms with Crippen LogP contribution in [-0.4, -0.2) is 44.6 Å². The molecule has 3 heterocycles. The van der Waals surface area contributed by atoms with Crippen molar-refractivity contribution in [1.29, 1.82) is 0 Å². The van der Waals surface area contributed by atoms with Crippen LogP contribution < -0.4 is 14.9 Å². The molecule has 1 saturated heterocycles. The van der Waals surface area contributed by atoms with Gasteiger partial charge in [-0.2, -0.15) is 13.2 Å². The lowest BCUT2D eigenvalue weighted by Crippen LogP contribution is -2.43. The molecule has 0 radical (unpaired) electrons. The molecule has 0 bridgehead atoms. The minimum atomic E-state index is -4.78. The lowest BCUT2D eigenvalue weighted by atomic mass is 10.0. The van der Waals surface area contributed by atoms with Gasteiger partial charge in [0, 0.05) is 44.0 Å². The summed E-state index contributed by atoms with van der Waals surface area (Å²) in [5, 5.41) is 3.19. The Morgan fingerprint density at radius 1 is 1.06 bits per heavy atom. The molecular weight excluding hydrogens is 474 g/mol. The van der Waals surface area contributed by atoms with Crippen LogP contribution in [0.3, 0.4) is 0 Å². The molecule has 7 nitrogen and oxygen atoms in total. The summed E-state index contributed by atoms with van der Waals surface area (Å²) in [5.74, 6) is -0.591. The summed E-state index contributed by atoms with van der Waals surface area (Å²) < 4.78 is 82.9. The number of benzene rings is 1. The minimum Gasteiger partial charge on any atom is -0.354 e. The van der Waals surface area contributed by atoms with Gasteiger partial charge in [0.25, 0.3) is 10.0 Å². The highest BCUT2D eigenvalue weighted by Crippen LogP contribution is 2.38. The van der Waals surface area contributed by atoms with Gasteiger partial charge in [0.15, 0.2) is 0 Å². The van der Waals surface area contributed by atoms with Crippen LogP contribution in [-0.2, 0) is 16.2 Å². The maximum atomic E-state index is 13.8. The van der Waals surface area contributed by atoms with E-state index in [2.05, 4.69) is 20.0 Å². The normalized spacial score (nSPS) is 14.8. The van der Waals surface area contributed by atoms with Crippen LogP contribution in [0.4, 0.5) is 29.2 Å². The molecule has 4 rings (SSSR count). The van der Waals surface area contributed by atoms with Gasteiger partial charge in [-0.05, 0) is 42.8 Å². The number of halogens is 4. The minimum absolute atomic E-state index is 0.0849. The zero-order valence-electron chi connectivity index (χ0n) is 18.0. The van der Waals surface area contributed by atoms with E-state index in [9.17, 15) is 26.0 Å². The predicted octanol–water partition coefficient (Wildman–Crippen LogP) is 3.82. The van der Waals surface area contributed by atoms with E-state index < -0.39 is 33.3 Å². The summed E-state index contributed by atoms with van der Waals surface area (Å²) in [6.07, 6.45) is -3.42. The van der Waals surface area contributed by atoms with Gasteiger partial charge in [0.2, 0.25) is 0 Å². The topological polar surface area (TPSA) is 87.2 Å². The highest BCUT2D eigenvalue weighted by molar-refractivity contribution is 7.92. The van der Waals surface area contributed by atoms with Crippen LogP contribution in [0.25, 0.3) is 11.3 Å². The summed E-state index contributed by atoms with van der Waals surface area (Å²) in [4.78, 5) is 9.96. The van der Waals surface area contributed by atoms with Gasteiger partial charge in [-0.25, -0.2) is 22.8 Å². The van der Waals surface area contributed by atoms with E-state index >= 15 is 0 Å². The van der Waals surface area contributed by atoms with Crippen LogP contribution >= 0.6 is 0 Å². The van der Waals surface area contributed by atoms with Crippen LogP contribution in [0.5, 0.6) is 0 Å². The first kappa shape index (κ1) is 23.9. The van der Waals surface area contributed by atoms with Crippen molar-refractivity contribution >= 4 is 21.7 Å². The molecule has 0 amide bonds. The number of alkyl halides is 3. The second kappa shape index (κ2) is 9.18. The standard InChI is InChI=1S/C22H21F4N5O2S/c1-14-2-3-15(23)12-17(14)21-18(22(24,25)26)4-5-19(29-21)30-34(32,33)16-6-7-28-20(13-16)31-10-8-27-9-11-31/h2-7,12-13,27H,8-11H2,1H3,(H,29,30). The van der Waals surface area contributed by atoms with Crippen molar-refractivity contribution in [1.82, 2.24) is 15.3 Å². The average Bonchev–Trinajstić information content (AvgIpc) is 2.80. The molecule has 2 N–H and O–H groups in total. The zero-order chi connectivity index (χ0) is 24.5. The fourth-order valence-electron chi connectivity index (χ4n) is 3.63. The summed E-state index contributed by atoms with van der Waals surface area (Å²) >= 11 is 0. The van der Waals surface area contributed by atoms with Gasteiger partial charge in [-0.3, -0.25) is 4.72 Å². The fourth-order valence-corrected chi connectivity index (χ4v) is 4.64. The molecule has 1 fully saturated rings. The van der Waals surface area contributed by atoms with Gasteiger partial charge in [0.05, 0.1) is 16.2 Å². The second-order valence-electron chi connectivity index (χ2n) is 7.74. The van der Waals surface area contributed by atoms with Gasteiger partial charge in [0.1, 0.15) is 17.5 Å². The number of aryl methyl sites for hydroxylation is 1. The fraction of sp³-hybridized carbons (Fsp3) is 0.273. The predicted molar refractivity (Wildman–Crippen MR) is 119 cm³/mol. The van der Waals surface area contributed by atoms with Crippen molar-refractivity contribution in [2.75, 3.05) is 35.8 Å². The molecule has 34 heavy (non-hydrogen) atoms. The number of anilines is 2. The van der Waals surface area contributed by atoms with E-state index in [0.717, 1.165) is 37.4 Å². The molecule has 0 atom stereocenters. The van der Waals surface area contributed by atoms with Crippen molar-refractivity contribution in [3.63, 3.8) is 0 Å². The summed E-state index contributed by atoms with van der Waals surface area (Å²) in [6, 6.07) is 7.73. The van der Waals surface area contributed by atoms with E-state index in [1.165, 1.54) is 31.3 Å². The Kier molecular flexibility index (Phi) is 6.45. The Labute approximate surface area is 193 Å². The maximum Gasteiger partial charge on any atom is 0.418 e. The summed E-state index contributed by atoms with van der Waals surface area (Å²) in [6.45, 7) is 4.28. The number of rotatable bonds is 5. The van der Waals surface area contributed by atoms with Crippen LogP contribution in [0, 0.1) is 12.7 Å². The molecule has 0 saturated carbocycles. The molecule has 0 spiro atoms. The molecule has 1 aliphatic heterocycles. The van der Waals surface area contributed by atoms with Gasteiger partial charge >= 0.3 is 6.18 Å². The number of hydrogen-bond donors (Lipinski definition) is 2. The molecule has 12 heteroatoms. The number of nitrogens with zero attached hydrogens (tertiary/aromatic N) is 3. The lowest BCUT2D eigenvalue weighted by molar-refractivity contribution is -0.137. The highest BCUT2D eigenvalue weighted by atomic mass is 32.2. The van der Waals surface area contributed by atoms with Gasteiger partial charge in [-0.15, -0.1) is 0 Å². The second-order valence-corrected chi connectivity index (χ2v) is 9.42. The number of piperazine rings is 1. The van der Waals surface area contributed by atoms with Crippen molar-refractivity contribution < 1.29 is 26.0 Å². The van der Waals surface area contributed by atoms with Crippen LogP contribution in [0.15, 0.2) is 53.6 Å². The van der Waals surface area contributed by atoms with E-state index in [1.807, 2.05) is 4.90 Å². The Hall–Kier alpha value is -3.25. The van der Waals surface area contributed by atoms with Crippen molar-refractivity contribution in [3.8, 4) is 11.3 Å². The Bertz CT molecular complexity index is 1310. The first-order valence-corrected chi connectivity index (χ1v) is 11.8. The van der Waals surface area contributed by atoms with Crippen molar-refractivity contribution in [3.05, 3.63) is 65.6 Å². The Balaban J connectivity index is 1.71. The Morgan fingerprint density at radius 3 is 2.50 bits per heavy atom. The van der Waals surface area contributed by atoms with Crippen LogP contribution in [0.2, 0.25) is 0 Å². The first-order valence-electron chi connectivity index (χ1n) is 10.3. The van der Waals surface area contributed by atoms with Crippen LogP contribution in [0.1, 0.15) is 11.1 Å². The van der Waals surface area contributed by atoms with Crippen molar-refractivity contribution in [2.45, 2.75) is 18.0 Å². The molecule has 0 aliphatic carbocycles. The quantitative estimate of drug-likeness (QED) is 0.524. The number of aromatic nitrogens is 2. The maximum absolute atomic E-state index is 13.8. The third-order valence-electron chi connectivity index (χ3n) is 5.36. The monoisotopic (exact) mass is 495 g/mol. The van der Waals surface area contributed by atoms with E-state index in [0.29, 0.717) is 24.5 Å². The van der Waals surface area contributed by atoms with Gasteiger partial charge < -0.3 is 10.2 Å². The molecule has 1 aromatic carbocycles. The summed E-state index contributed by atoms with van der Waals surface area (Å²) in [5.41, 5.74) is -1.40. The zero-order valence-corrected chi connectivity index (χ0v) is 18.8. The van der Waals surface area contributed by atoms with E-state index in [-0.39, 0.29) is 16.3 Å². The molecule has 3 aromatic rings. The number of pyridine rings is 2. The van der Waals surface area contributed by atoms with Crippen molar-refractivity contribution in [2.24, 2.45) is 0 Å². The van der Waals surface area contributed by atoms with Gasteiger partial charge in [-0.1, -0.05) is 6.07 Å². The molecule has 1 aliphatic rings. The average molecular weight is 496 g/mol. The molecular formula is C22H21F4N5O2S. The van der Waals surface area contributed by atoms with E-state index in [4.69, 9.17) is 0 Å². The third kappa shape index (κ3) is 5.12. The number of nitrogens with one attached hydrogen (secondary N) is 2. The molecule has 0 unspecified atom stereocenters. The third-order valence-corrected chi connectivity index (χ3v) is 6.71. The summed E-state index contributed by atoms with van der Waals surface area (Å²) in [7, 11) is -4.19. The highest BCUT2D eigenvalue weighted by Gasteiger charge is 2.35. The molecule has 180 valence electrons. The van der Waals surface area contributed by atoms with E-state index in [1.54, 1.807) is 0 Å². The largest absolute Gasteiger partial charge is 0.418 e. The number of sulfonamides is 1. The Morgan fingerprint density at radius 2 is 1.79 bits per heavy atom. The smallest absolute Gasteiger partial charge is 0.354 e. The molecule has 2 aromatic heterocycles.